The summed E-state index contributed by atoms with van der Waals surface area (Å²) in [6, 6.07) is 3.55. The highest BCUT2D eigenvalue weighted by atomic mass is 32.1. The zero-order chi connectivity index (χ0) is 19.7. The normalized spacial score (nSPS) is 17.5. The second kappa shape index (κ2) is 7.55. The Labute approximate surface area is 164 Å². The molecule has 2 aliphatic heterocycles. The van der Waals surface area contributed by atoms with E-state index in [1.807, 2.05) is 0 Å². The van der Waals surface area contributed by atoms with Crippen molar-refractivity contribution in [1.82, 2.24) is 19.7 Å². The summed E-state index contributed by atoms with van der Waals surface area (Å²) in [5.74, 6) is -0.452. The summed E-state index contributed by atoms with van der Waals surface area (Å²) in [6.07, 6.45) is 1.89. The van der Waals surface area contributed by atoms with Crippen LogP contribution in [-0.4, -0.2) is 76.0 Å². The Kier molecular flexibility index (Phi) is 4.95. The minimum absolute atomic E-state index is 0.169. The molecule has 10 heteroatoms. The van der Waals surface area contributed by atoms with Crippen molar-refractivity contribution in [3.8, 4) is 10.8 Å². The molecule has 9 nitrogen and oxygen atoms in total. The van der Waals surface area contributed by atoms with E-state index in [-0.39, 0.29) is 43.0 Å². The predicted octanol–water partition coefficient (Wildman–Crippen LogP) is 0.836. The quantitative estimate of drug-likeness (QED) is 0.702. The van der Waals surface area contributed by atoms with E-state index in [1.54, 1.807) is 33.6 Å². The monoisotopic (exact) mass is 402 g/mol. The summed E-state index contributed by atoms with van der Waals surface area (Å²) in [5, 5.41) is 2.34. The van der Waals surface area contributed by atoms with Crippen LogP contribution in [0.3, 0.4) is 0 Å². The third kappa shape index (κ3) is 3.55. The minimum Gasteiger partial charge on any atom is -0.462 e. The first-order valence-electron chi connectivity index (χ1n) is 8.92. The van der Waals surface area contributed by atoms with Crippen molar-refractivity contribution >= 4 is 35.0 Å². The number of hydrogen-bond acceptors (Lipinski definition) is 7. The summed E-state index contributed by atoms with van der Waals surface area (Å²) in [5.41, 5.74) is 0.351. The molecule has 4 amide bonds. The number of hydrogen-bond donors (Lipinski definition) is 0. The van der Waals surface area contributed by atoms with E-state index < -0.39 is 0 Å². The van der Waals surface area contributed by atoms with Crippen LogP contribution in [0.15, 0.2) is 28.2 Å². The van der Waals surface area contributed by atoms with Crippen molar-refractivity contribution in [1.29, 1.82) is 0 Å². The molecule has 4 rings (SSSR count). The maximum Gasteiger partial charge on any atom is 0.273 e. The maximum atomic E-state index is 12.7. The lowest BCUT2D eigenvalue weighted by Crippen LogP contribution is -2.53. The zero-order valence-corrected chi connectivity index (χ0v) is 15.8. The van der Waals surface area contributed by atoms with Crippen molar-refractivity contribution < 1.29 is 23.6 Å². The van der Waals surface area contributed by atoms with Crippen LogP contribution in [-0.2, 0) is 14.4 Å². The third-order valence-corrected chi connectivity index (χ3v) is 5.68. The van der Waals surface area contributed by atoms with Gasteiger partial charge in [0.1, 0.15) is 12.2 Å². The first kappa shape index (κ1) is 18.4. The van der Waals surface area contributed by atoms with Gasteiger partial charge in [-0.15, -0.1) is 11.3 Å². The number of nitrogens with zero attached hydrogens (tertiary/aromatic N) is 4. The van der Waals surface area contributed by atoms with Crippen molar-refractivity contribution in [2.45, 2.75) is 12.8 Å². The highest BCUT2D eigenvalue weighted by Gasteiger charge is 2.33. The molecular formula is C18H18N4O5S. The minimum atomic E-state index is -0.303. The number of amides is 4. The number of carbonyl (C=O) groups excluding carboxylic acids is 4. The van der Waals surface area contributed by atoms with Gasteiger partial charge in [-0.2, -0.15) is 0 Å². The fourth-order valence-electron chi connectivity index (χ4n) is 3.24. The summed E-state index contributed by atoms with van der Waals surface area (Å²) in [6.45, 7) is 1.25. The van der Waals surface area contributed by atoms with Gasteiger partial charge < -0.3 is 14.2 Å². The van der Waals surface area contributed by atoms with Crippen molar-refractivity contribution in [2.24, 2.45) is 0 Å². The molecule has 2 saturated heterocycles. The maximum absolute atomic E-state index is 12.7. The van der Waals surface area contributed by atoms with E-state index >= 15 is 0 Å². The molecule has 4 heterocycles. The lowest BCUT2D eigenvalue weighted by atomic mass is 10.2. The third-order valence-electron chi connectivity index (χ3n) is 4.82. The van der Waals surface area contributed by atoms with Crippen LogP contribution in [0.1, 0.15) is 23.3 Å². The van der Waals surface area contributed by atoms with Crippen LogP contribution in [0.5, 0.6) is 0 Å². The Morgan fingerprint density at radius 3 is 2.39 bits per heavy atom. The number of carbonyl (C=O) groups is 4. The molecule has 2 aliphatic rings. The molecule has 0 bridgehead atoms. The molecule has 28 heavy (non-hydrogen) atoms. The Hall–Kier alpha value is -3.01. The second-order valence-corrected chi connectivity index (χ2v) is 7.42. The average Bonchev–Trinajstić information content (AvgIpc) is 3.45. The van der Waals surface area contributed by atoms with Gasteiger partial charge in [-0.05, 0) is 12.1 Å². The van der Waals surface area contributed by atoms with Crippen LogP contribution in [0.25, 0.3) is 10.8 Å². The molecular weight excluding hydrogens is 384 g/mol. The van der Waals surface area contributed by atoms with Gasteiger partial charge >= 0.3 is 0 Å². The summed E-state index contributed by atoms with van der Waals surface area (Å²) < 4.78 is 5.30. The molecule has 0 spiro atoms. The molecule has 2 aromatic rings. The summed E-state index contributed by atoms with van der Waals surface area (Å²) in [4.78, 5) is 56.9. The van der Waals surface area contributed by atoms with Crippen LogP contribution in [0.2, 0.25) is 0 Å². The molecule has 2 fully saturated rings. The van der Waals surface area contributed by atoms with E-state index in [0.717, 1.165) is 4.90 Å². The van der Waals surface area contributed by atoms with Gasteiger partial charge in [0, 0.05) is 44.4 Å². The second-order valence-electron chi connectivity index (χ2n) is 6.56. The molecule has 0 atom stereocenters. The number of aromatic nitrogens is 1. The lowest BCUT2D eigenvalue weighted by Gasteiger charge is -2.35. The Morgan fingerprint density at radius 2 is 1.75 bits per heavy atom. The van der Waals surface area contributed by atoms with E-state index in [4.69, 9.17) is 4.42 Å². The molecule has 146 valence electrons. The standard InChI is InChI=1S/C18H18N4O5S/c23-14-3-4-15(24)22(14)10-16(25)20-5-7-21(8-6-20)18(26)12-11-28-17(19-12)13-2-1-9-27-13/h1-2,9,11H,3-8,10H2. The zero-order valence-electron chi connectivity index (χ0n) is 15.0. The first-order valence-corrected chi connectivity index (χ1v) is 9.80. The van der Waals surface area contributed by atoms with Crippen LogP contribution in [0, 0.1) is 0 Å². The van der Waals surface area contributed by atoms with Gasteiger partial charge in [-0.1, -0.05) is 0 Å². The predicted molar refractivity (Wildman–Crippen MR) is 98.3 cm³/mol. The highest BCUT2D eigenvalue weighted by molar-refractivity contribution is 7.13. The summed E-state index contributed by atoms with van der Waals surface area (Å²) >= 11 is 1.34. The highest BCUT2D eigenvalue weighted by Crippen LogP contribution is 2.24. The number of furan rings is 1. The molecule has 2 aromatic heterocycles. The smallest absolute Gasteiger partial charge is 0.273 e. The Morgan fingerprint density at radius 1 is 1.07 bits per heavy atom. The van der Waals surface area contributed by atoms with Crippen LogP contribution >= 0.6 is 11.3 Å². The van der Waals surface area contributed by atoms with Crippen molar-refractivity contribution in [2.75, 3.05) is 32.7 Å². The van der Waals surface area contributed by atoms with Gasteiger partial charge in [0.15, 0.2) is 10.8 Å². The molecule has 0 unspecified atom stereocenters. The first-order chi connectivity index (χ1) is 13.5. The number of likely N-dealkylation sites (tertiary alicyclic amines) is 1. The fourth-order valence-corrected chi connectivity index (χ4v) is 4.00. The van der Waals surface area contributed by atoms with E-state index in [2.05, 4.69) is 4.98 Å². The van der Waals surface area contributed by atoms with E-state index in [1.165, 1.54) is 11.3 Å². The largest absolute Gasteiger partial charge is 0.462 e. The number of piperazine rings is 1. The van der Waals surface area contributed by atoms with Crippen LogP contribution in [0.4, 0.5) is 0 Å². The molecule has 0 N–H and O–H groups in total. The van der Waals surface area contributed by atoms with E-state index in [0.29, 0.717) is 42.6 Å². The van der Waals surface area contributed by atoms with E-state index in [9.17, 15) is 19.2 Å². The van der Waals surface area contributed by atoms with Crippen LogP contribution < -0.4 is 0 Å². The Bertz CT molecular complexity index is 898. The van der Waals surface area contributed by atoms with Gasteiger partial charge in [0.25, 0.3) is 5.91 Å². The number of imide groups is 1. The molecule has 0 radical (unpaired) electrons. The SMILES string of the molecule is O=C(CN1C(=O)CCC1=O)N1CCN(C(=O)c2csc(-c3ccco3)n2)CC1. The van der Waals surface area contributed by atoms with Crippen molar-refractivity contribution in [3.63, 3.8) is 0 Å². The molecule has 0 aromatic carbocycles. The van der Waals surface area contributed by atoms with Gasteiger partial charge in [0.05, 0.1) is 6.26 Å². The number of thiazole rings is 1. The molecule has 0 saturated carbocycles. The molecule has 0 aliphatic carbocycles. The topological polar surface area (TPSA) is 104 Å². The van der Waals surface area contributed by atoms with Crippen molar-refractivity contribution in [3.05, 3.63) is 29.5 Å². The van der Waals surface area contributed by atoms with Gasteiger partial charge in [-0.25, -0.2) is 4.98 Å². The fraction of sp³-hybridized carbons (Fsp3) is 0.389. The van der Waals surface area contributed by atoms with Gasteiger partial charge in [0.2, 0.25) is 17.7 Å². The average molecular weight is 402 g/mol. The number of rotatable bonds is 4. The summed E-state index contributed by atoms with van der Waals surface area (Å²) in [7, 11) is 0. The lowest BCUT2D eigenvalue weighted by molar-refractivity contribution is -0.146. The van der Waals surface area contributed by atoms with Gasteiger partial charge in [-0.3, -0.25) is 24.1 Å². The Balaban J connectivity index is 1.32.